The molecular weight excluding hydrogens is 282 g/mol. The van der Waals surface area contributed by atoms with Gasteiger partial charge in [-0.3, -0.25) is 9.20 Å². The summed E-state index contributed by atoms with van der Waals surface area (Å²) in [6.07, 6.45) is 6.48. The second-order valence-corrected chi connectivity index (χ2v) is 4.93. The van der Waals surface area contributed by atoms with Gasteiger partial charge in [-0.25, -0.2) is 9.97 Å². The van der Waals surface area contributed by atoms with Gasteiger partial charge in [0, 0.05) is 24.8 Å². The van der Waals surface area contributed by atoms with Crippen molar-refractivity contribution in [2.24, 2.45) is 0 Å². The zero-order valence-electron chi connectivity index (χ0n) is 12.2. The van der Waals surface area contributed by atoms with E-state index < -0.39 is 0 Å². The van der Waals surface area contributed by atoms with E-state index in [-0.39, 0.29) is 17.9 Å². The largest absolute Gasteiger partial charge is 0.474 e. The predicted molar refractivity (Wildman–Crippen MR) is 80.9 cm³/mol. The van der Waals surface area contributed by atoms with Crippen LogP contribution in [0.4, 0.5) is 5.82 Å². The number of carbonyl (C=O) groups is 1. The molecule has 1 amide bonds. The van der Waals surface area contributed by atoms with E-state index in [0.29, 0.717) is 17.2 Å². The fourth-order valence-corrected chi connectivity index (χ4v) is 1.93. The zero-order chi connectivity index (χ0) is 15.5. The van der Waals surface area contributed by atoms with Crippen molar-refractivity contribution in [1.82, 2.24) is 19.4 Å². The van der Waals surface area contributed by atoms with Crippen molar-refractivity contribution in [1.29, 1.82) is 0 Å². The van der Waals surface area contributed by atoms with Gasteiger partial charge in [0.05, 0.1) is 6.10 Å². The summed E-state index contributed by atoms with van der Waals surface area (Å²) in [5.41, 5.74) is 0.324. The van der Waals surface area contributed by atoms with Crippen molar-refractivity contribution in [2.75, 3.05) is 5.32 Å². The third kappa shape index (κ3) is 2.88. The predicted octanol–water partition coefficient (Wildman–Crippen LogP) is 2.16. The minimum atomic E-state index is -0.336. The Labute approximate surface area is 127 Å². The average molecular weight is 297 g/mol. The molecule has 0 aliphatic carbocycles. The number of nitrogens with zero attached hydrogens (tertiary/aromatic N) is 4. The minimum absolute atomic E-state index is 0.105. The lowest BCUT2D eigenvalue weighted by Crippen LogP contribution is -2.18. The van der Waals surface area contributed by atoms with Crippen LogP contribution >= 0.6 is 0 Å². The van der Waals surface area contributed by atoms with Crippen LogP contribution in [-0.2, 0) is 0 Å². The number of pyridine rings is 1. The lowest BCUT2D eigenvalue weighted by molar-refractivity contribution is 0.101. The fourth-order valence-electron chi connectivity index (χ4n) is 1.93. The van der Waals surface area contributed by atoms with Crippen LogP contribution < -0.4 is 10.1 Å². The van der Waals surface area contributed by atoms with E-state index in [2.05, 4.69) is 20.3 Å². The van der Waals surface area contributed by atoms with E-state index in [1.807, 2.05) is 13.8 Å². The highest BCUT2D eigenvalue weighted by Gasteiger charge is 2.18. The topological polar surface area (TPSA) is 81.4 Å². The first-order valence-electron chi connectivity index (χ1n) is 6.86. The van der Waals surface area contributed by atoms with Crippen LogP contribution in [0.25, 0.3) is 5.78 Å². The molecule has 0 aliphatic heterocycles. The first kappa shape index (κ1) is 14.0. The number of hydrogen-bond acceptors (Lipinski definition) is 5. The summed E-state index contributed by atoms with van der Waals surface area (Å²) >= 11 is 0. The molecule has 0 saturated carbocycles. The zero-order valence-corrected chi connectivity index (χ0v) is 12.2. The molecule has 0 aromatic carbocycles. The number of fused-ring (bicyclic) bond motifs is 1. The first-order chi connectivity index (χ1) is 10.6. The standard InChI is InChI=1S/C15H15N5O2/c1-10(2)22-14-11(9-20-8-7-17-15(20)19-14)13(21)18-12-5-3-4-6-16-12/h3-10H,1-2H3,(H,16,18,21). The average Bonchev–Trinajstić information content (AvgIpc) is 2.94. The van der Waals surface area contributed by atoms with Crippen molar-refractivity contribution < 1.29 is 9.53 Å². The summed E-state index contributed by atoms with van der Waals surface area (Å²) in [6, 6.07) is 5.29. The second kappa shape index (κ2) is 5.80. The van der Waals surface area contributed by atoms with Crippen LogP contribution in [0, 0.1) is 0 Å². The monoisotopic (exact) mass is 297 g/mol. The van der Waals surface area contributed by atoms with Crippen molar-refractivity contribution in [3.05, 3.63) is 48.5 Å². The Kier molecular flexibility index (Phi) is 3.69. The van der Waals surface area contributed by atoms with Gasteiger partial charge in [-0.15, -0.1) is 0 Å². The number of hydrogen-bond donors (Lipinski definition) is 1. The molecule has 3 heterocycles. The molecule has 112 valence electrons. The van der Waals surface area contributed by atoms with Crippen LogP contribution in [0.15, 0.2) is 43.0 Å². The number of rotatable bonds is 4. The van der Waals surface area contributed by atoms with Crippen molar-refractivity contribution in [3.8, 4) is 5.88 Å². The number of carbonyl (C=O) groups excluding carboxylic acids is 1. The molecule has 7 heteroatoms. The van der Waals surface area contributed by atoms with E-state index >= 15 is 0 Å². The molecule has 0 spiro atoms. The molecule has 1 N–H and O–H groups in total. The summed E-state index contributed by atoms with van der Waals surface area (Å²) in [7, 11) is 0. The number of anilines is 1. The van der Waals surface area contributed by atoms with Crippen molar-refractivity contribution in [2.45, 2.75) is 20.0 Å². The first-order valence-corrected chi connectivity index (χ1v) is 6.86. The van der Waals surface area contributed by atoms with E-state index in [1.54, 1.807) is 47.4 Å². The number of imidazole rings is 1. The molecule has 0 unspecified atom stereocenters. The van der Waals surface area contributed by atoms with Crippen LogP contribution in [0.1, 0.15) is 24.2 Å². The van der Waals surface area contributed by atoms with Crippen molar-refractivity contribution >= 4 is 17.5 Å². The number of amides is 1. The van der Waals surface area contributed by atoms with Crippen LogP contribution in [0.3, 0.4) is 0 Å². The molecule has 22 heavy (non-hydrogen) atoms. The molecule has 0 atom stereocenters. The van der Waals surface area contributed by atoms with E-state index in [9.17, 15) is 4.79 Å². The van der Waals surface area contributed by atoms with Crippen LogP contribution in [0.2, 0.25) is 0 Å². The highest BCUT2D eigenvalue weighted by Crippen LogP contribution is 2.19. The molecule has 3 aromatic rings. The van der Waals surface area contributed by atoms with Crippen LogP contribution in [-0.4, -0.2) is 31.4 Å². The highest BCUT2D eigenvalue weighted by atomic mass is 16.5. The maximum Gasteiger partial charge on any atom is 0.263 e. The molecule has 3 aromatic heterocycles. The van der Waals surface area contributed by atoms with E-state index in [1.165, 1.54) is 0 Å². The molecule has 0 fully saturated rings. The number of aromatic nitrogens is 4. The Morgan fingerprint density at radius 1 is 1.27 bits per heavy atom. The third-order valence-electron chi connectivity index (χ3n) is 2.85. The van der Waals surface area contributed by atoms with Gasteiger partial charge in [-0.2, -0.15) is 4.98 Å². The normalized spacial score (nSPS) is 10.9. The minimum Gasteiger partial charge on any atom is -0.474 e. The molecule has 0 saturated heterocycles. The Hall–Kier alpha value is -2.96. The van der Waals surface area contributed by atoms with Gasteiger partial charge in [0.15, 0.2) is 0 Å². The van der Waals surface area contributed by atoms with Gasteiger partial charge >= 0.3 is 0 Å². The molecule has 3 rings (SSSR count). The highest BCUT2D eigenvalue weighted by molar-refractivity contribution is 6.05. The van der Waals surface area contributed by atoms with Crippen LogP contribution in [0.5, 0.6) is 5.88 Å². The molecule has 0 aliphatic rings. The van der Waals surface area contributed by atoms with Gasteiger partial charge in [0.1, 0.15) is 11.4 Å². The SMILES string of the molecule is CC(C)Oc1nc2nccn2cc1C(=O)Nc1ccccn1. The van der Waals surface area contributed by atoms with Gasteiger partial charge in [-0.1, -0.05) is 6.07 Å². The smallest absolute Gasteiger partial charge is 0.263 e. The Balaban J connectivity index is 1.98. The number of ether oxygens (including phenoxy) is 1. The summed E-state index contributed by atoms with van der Waals surface area (Å²) in [4.78, 5) is 24.9. The maximum absolute atomic E-state index is 12.5. The Bertz CT molecular complexity index is 798. The summed E-state index contributed by atoms with van der Waals surface area (Å²) in [5, 5.41) is 2.72. The Morgan fingerprint density at radius 2 is 2.14 bits per heavy atom. The molecular formula is C15H15N5O2. The van der Waals surface area contributed by atoms with E-state index in [0.717, 1.165) is 0 Å². The van der Waals surface area contributed by atoms with Gasteiger partial charge in [-0.05, 0) is 26.0 Å². The van der Waals surface area contributed by atoms with E-state index in [4.69, 9.17) is 4.74 Å². The van der Waals surface area contributed by atoms with Gasteiger partial charge in [0.2, 0.25) is 11.7 Å². The third-order valence-corrected chi connectivity index (χ3v) is 2.85. The molecule has 0 radical (unpaired) electrons. The summed E-state index contributed by atoms with van der Waals surface area (Å²) in [5.74, 6) is 0.860. The van der Waals surface area contributed by atoms with Crippen molar-refractivity contribution in [3.63, 3.8) is 0 Å². The Morgan fingerprint density at radius 3 is 2.86 bits per heavy atom. The second-order valence-electron chi connectivity index (χ2n) is 4.93. The lowest BCUT2D eigenvalue weighted by Gasteiger charge is -2.13. The quantitative estimate of drug-likeness (QED) is 0.798. The maximum atomic E-state index is 12.5. The van der Waals surface area contributed by atoms with Gasteiger partial charge in [0.25, 0.3) is 5.91 Å². The fraction of sp³-hybridized carbons (Fsp3) is 0.200. The van der Waals surface area contributed by atoms with Gasteiger partial charge < -0.3 is 10.1 Å². The lowest BCUT2D eigenvalue weighted by atomic mass is 10.3. The molecule has 0 bridgehead atoms. The summed E-state index contributed by atoms with van der Waals surface area (Å²) < 4.78 is 7.30. The summed E-state index contributed by atoms with van der Waals surface area (Å²) in [6.45, 7) is 3.75. The molecule has 7 nitrogen and oxygen atoms in total. The number of nitrogens with one attached hydrogen (secondary N) is 1.